The lowest BCUT2D eigenvalue weighted by molar-refractivity contribution is 0.662. The first kappa shape index (κ1) is 25.8. The Hall–Kier alpha value is -6.46. The average Bonchev–Trinajstić information content (AvgIpc) is 3.82. The zero-order chi connectivity index (χ0) is 30.9. The number of benzene rings is 6. The first-order valence-corrected chi connectivity index (χ1v) is 15.7. The number of hydrogen-bond acceptors (Lipinski definition) is 4. The van der Waals surface area contributed by atoms with E-state index in [1.165, 1.54) is 0 Å². The lowest BCUT2D eigenvalue weighted by Crippen LogP contribution is -2.05. The van der Waals surface area contributed by atoms with Crippen LogP contribution in [0.15, 0.2) is 160 Å². The molecule has 0 aliphatic rings. The SMILES string of the molecule is c1ccc(-c2c(-c3ccccc3)n(-c3nc(-c4ccccc4)c4oc5c(ccc6oc7ccccc7c65)c4n3)c3ccccc23)cc1. The predicted molar refractivity (Wildman–Crippen MR) is 190 cm³/mol. The smallest absolute Gasteiger partial charge is 0.236 e. The van der Waals surface area contributed by atoms with Gasteiger partial charge in [0, 0.05) is 27.3 Å². The number of fused-ring (bicyclic) bond motifs is 8. The fourth-order valence-electron chi connectivity index (χ4n) is 7.00. The summed E-state index contributed by atoms with van der Waals surface area (Å²) in [7, 11) is 0. The molecule has 220 valence electrons. The first-order chi connectivity index (χ1) is 23.3. The summed E-state index contributed by atoms with van der Waals surface area (Å²) in [4.78, 5) is 10.7. The Morgan fingerprint density at radius 1 is 0.447 bits per heavy atom. The van der Waals surface area contributed by atoms with Gasteiger partial charge in [-0.15, -0.1) is 0 Å². The Morgan fingerprint density at radius 2 is 1.09 bits per heavy atom. The number of hydrogen-bond donors (Lipinski definition) is 0. The number of rotatable bonds is 4. The number of aromatic nitrogens is 3. The molecule has 0 atom stereocenters. The third kappa shape index (κ3) is 3.83. The van der Waals surface area contributed by atoms with E-state index in [9.17, 15) is 0 Å². The van der Waals surface area contributed by atoms with Crippen molar-refractivity contribution in [2.45, 2.75) is 0 Å². The van der Waals surface area contributed by atoms with Gasteiger partial charge >= 0.3 is 0 Å². The molecule has 0 spiro atoms. The molecule has 0 radical (unpaired) electrons. The van der Waals surface area contributed by atoms with Crippen molar-refractivity contribution in [3.63, 3.8) is 0 Å². The van der Waals surface area contributed by atoms with Gasteiger partial charge in [-0.05, 0) is 35.4 Å². The van der Waals surface area contributed by atoms with Crippen molar-refractivity contribution in [3.8, 4) is 39.6 Å². The summed E-state index contributed by atoms with van der Waals surface area (Å²) in [5, 5.41) is 4.00. The van der Waals surface area contributed by atoms with Crippen molar-refractivity contribution in [1.29, 1.82) is 0 Å². The van der Waals surface area contributed by atoms with Crippen molar-refractivity contribution in [1.82, 2.24) is 14.5 Å². The maximum Gasteiger partial charge on any atom is 0.236 e. The van der Waals surface area contributed by atoms with Gasteiger partial charge in [0.25, 0.3) is 0 Å². The van der Waals surface area contributed by atoms with Crippen molar-refractivity contribution >= 4 is 54.9 Å². The van der Waals surface area contributed by atoms with E-state index in [0.29, 0.717) is 11.5 Å². The second kappa shape index (κ2) is 10.0. The molecule has 47 heavy (non-hydrogen) atoms. The molecule has 0 saturated heterocycles. The topological polar surface area (TPSA) is 57.0 Å². The van der Waals surface area contributed by atoms with E-state index in [4.69, 9.17) is 18.8 Å². The Morgan fingerprint density at radius 3 is 1.85 bits per heavy atom. The summed E-state index contributed by atoms with van der Waals surface area (Å²) in [5.41, 5.74) is 10.9. The summed E-state index contributed by atoms with van der Waals surface area (Å²) in [6, 6.07) is 52.0. The van der Waals surface area contributed by atoms with Gasteiger partial charge in [0.15, 0.2) is 5.58 Å². The largest absolute Gasteiger partial charge is 0.456 e. The van der Waals surface area contributed by atoms with E-state index >= 15 is 0 Å². The Kier molecular flexibility index (Phi) is 5.51. The maximum atomic E-state index is 6.79. The molecule has 0 bridgehead atoms. The zero-order valence-electron chi connectivity index (χ0n) is 25.1. The predicted octanol–water partition coefficient (Wildman–Crippen LogP) is 11.2. The molecule has 0 unspecified atom stereocenters. The molecule has 6 aromatic carbocycles. The van der Waals surface area contributed by atoms with Gasteiger partial charge in [0.05, 0.1) is 16.6 Å². The summed E-state index contributed by atoms with van der Waals surface area (Å²) in [6.07, 6.45) is 0. The monoisotopic (exact) mass is 603 g/mol. The highest BCUT2D eigenvalue weighted by Gasteiger charge is 2.26. The molecule has 10 rings (SSSR count). The lowest BCUT2D eigenvalue weighted by Gasteiger charge is -2.13. The quantitative estimate of drug-likeness (QED) is 0.201. The summed E-state index contributed by atoms with van der Waals surface area (Å²) >= 11 is 0. The minimum Gasteiger partial charge on any atom is -0.456 e. The molecule has 5 nitrogen and oxygen atoms in total. The molecule has 0 aliphatic carbocycles. The normalized spacial score (nSPS) is 11.8. The highest BCUT2D eigenvalue weighted by Crippen LogP contribution is 2.44. The van der Waals surface area contributed by atoms with Gasteiger partial charge in [-0.1, -0.05) is 127 Å². The van der Waals surface area contributed by atoms with Crippen molar-refractivity contribution in [2.75, 3.05) is 0 Å². The molecule has 0 amide bonds. The van der Waals surface area contributed by atoms with Crippen LogP contribution in [0.5, 0.6) is 0 Å². The number of furan rings is 2. The minimum atomic E-state index is 0.577. The molecule has 0 saturated carbocycles. The van der Waals surface area contributed by atoms with Crippen LogP contribution in [0.3, 0.4) is 0 Å². The molecule has 0 N–H and O–H groups in total. The van der Waals surface area contributed by atoms with Crippen LogP contribution in [0.2, 0.25) is 0 Å². The average molecular weight is 604 g/mol. The minimum absolute atomic E-state index is 0.577. The highest BCUT2D eigenvalue weighted by atomic mass is 16.3. The molecule has 4 aromatic heterocycles. The number of para-hydroxylation sites is 2. The van der Waals surface area contributed by atoms with Crippen LogP contribution in [0.25, 0.3) is 94.5 Å². The molecule has 5 heteroatoms. The van der Waals surface area contributed by atoms with Gasteiger partial charge in [-0.25, -0.2) is 9.97 Å². The van der Waals surface area contributed by atoms with E-state index in [-0.39, 0.29) is 0 Å². The van der Waals surface area contributed by atoms with Crippen LogP contribution in [0.1, 0.15) is 0 Å². The van der Waals surface area contributed by atoms with E-state index in [0.717, 1.165) is 83.0 Å². The third-order valence-corrected chi connectivity index (χ3v) is 9.04. The molecule has 10 aromatic rings. The Balaban J connectivity index is 1.37. The van der Waals surface area contributed by atoms with Crippen molar-refractivity contribution < 1.29 is 8.83 Å². The van der Waals surface area contributed by atoms with E-state index in [1.54, 1.807) is 0 Å². The van der Waals surface area contributed by atoms with E-state index < -0.39 is 0 Å². The summed E-state index contributed by atoms with van der Waals surface area (Å²) in [6.45, 7) is 0. The summed E-state index contributed by atoms with van der Waals surface area (Å²) < 4.78 is 15.2. The van der Waals surface area contributed by atoms with Gasteiger partial charge in [0.1, 0.15) is 28.0 Å². The van der Waals surface area contributed by atoms with E-state index in [2.05, 4.69) is 108 Å². The standard InChI is InChI=1S/C42H25N3O2/c1-4-14-26(15-5-1)35-29-20-10-12-22-32(29)45(39(35)28-18-8-3-9-19-28)42-43-37(27-16-6-2-7-17-27)41-38(44-42)31-24-25-34-36(40(31)47-41)30-21-11-13-23-33(30)46-34/h1-25H. The third-order valence-electron chi connectivity index (χ3n) is 9.04. The second-order valence-corrected chi connectivity index (χ2v) is 11.7. The van der Waals surface area contributed by atoms with Gasteiger partial charge < -0.3 is 8.83 Å². The van der Waals surface area contributed by atoms with Crippen LogP contribution in [-0.2, 0) is 0 Å². The van der Waals surface area contributed by atoms with Crippen LogP contribution in [0.4, 0.5) is 0 Å². The van der Waals surface area contributed by atoms with Crippen LogP contribution < -0.4 is 0 Å². The lowest BCUT2D eigenvalue weighted by atomic mass is 9.98. The Bertz CT molecular complexity index is 2780. The Labute approximate surface area is 269 Å². The number of nitrogens with zero attached hydrogens (tertiary/aromatic N) is 3. The molecule has 4 heterocycles. The zero-order valence-corrected chi connectivity index (χ0v) is 25.1. The fraction of sp³-hybridized carbons (Fsp3) is 0. The van der Waals surface area contributed by atoms with Crippen LogP contribution in [0, 0.1) is 0 Å². The van der Waals surface area contributed by atoms with Crippen LogP contribution >= 0.6 is 0 Å². The fourth-order valence-corrected chi connectivity index (χ4v) is 7.00. The van der Waals surface area contributed by atoms with Crippen molar-refractivity contribution in [3.05, 3.63) is 152 Å². The molecular weight excluding hydrogens is 578 g/mol. The highest BCUT2D eigenvalue weighted by molar-refractivity contribution is 6.22. The van der Waals surface area contributed by atoms with Crippen LogP contribution in [-0.4, -0.2) is 14.5 Å². The van der Waals surface area contributed by atoms with Gasteiger partial charge in [-0.3, -0.25) is 4.57 Å². The second-order valence-electron chi connectivity index (χ2n) is 11.7. The maximum absolute atomic E-state index is 6.79. The summed E-state index contributed by atoms with van der Waals surface area (Å²) in [5.74, 6) is 0.577. The van der Waals surface area contributed by atoms with E-state index in [1.807, 2.05) is 48.5 Å². The van der Waals surface area contributed by atoms with Gasteiger partial charge in [-0.2, -0.15) is 0 Å². The van der Waals surface area contributed by atoms with Gasteiger partial charge in [0.2, 0.25) is 5.95 Å². The molecule has 0 aliphatic heterocycles. The molecule has 0 fully saturated rings. The molecular formula is C42H25N3O2. The first-order valence-electron chi connectivity index (χ1n) is 15.7. The van der Waals surface area contributed by atoms with Crippen molar-refractivity contribution in [2.24, 2.45) is 0 Å².